The third-order valence-electron chi connectivity index (χ3n) is 6.91. The number of rotatable bonds is 10. The minimum absolute atomic E-state index is 0.123. The van der Waals surface area contributed by atoms with Gasteiger partial charge in [-0.25, -0.2) is 9.79 Å². The van der Waals surface area contributed by atoms with Gasteiger partial charge in [0.25, 0.3) is 5.56 Å². The lowest BCUT2D eigenvalue weighted by Crippen LogP contribution is -2.40. The molecule has 0 saturated carbocycles. The highest BCUT2D eigenvalue weighted by Crippen LogP contribution is 2.36. The van der Waals surface area contributed by atoms with Crippen molar-refractivity contribution in [2.75, 3.05) is 13.7 Å². The molecule has 0 radical (unpaired) electrons. The second-order valence-corrected chi connectivity index (χ2v) is 11.7. The van der Waals surface area contributed by atoms with Crippen molar-refractivity contribution < 1.29 is 23.7 Å². The number of benzene rings is 3. The summed E-state index contributed by atoms with van der Waals surface area (Å²) in [5.41, 5.74) is 2.71. The monoisotopic (exact) mass is 632 g/mol. The molecule has 0 bridgehead atoms. The van der Waals surface area contributed by atoms with Crippen LogP contribution >= 0.6 is 22.9 Å². The van der Waals surface area contributed by atoms with Crippen LogP contribution in [0.4, 0.5) is 0 Å². The second kappa shape index (κ2) is 13.5. The molecule has 1 atom stereocenters. The molecule has 5 rings (SSSR count). The minimum atomic E-state index is -0.798. The van der Waals surface area contributed by atoms with Crippen LogP contribution in [0.15, 0.2) is 87.8 Å². The van der Waals surface area contributed by atoms with Gasteiger partial charge in [-0.3, -0.25) is 9.36 Å². The first kappa shape index (κ1) is 31.1. The van der Waals surface area contributed by atoms with Crippen molar-refractivity contribution in [2.24, 2.45) is 4.99 Å². The van der Waals surface area contributed by atoms with Crippen LogP contribution in [0.3, 0.4) is 0 Å². The fourth-order valence-corrected chi connectivity index (χ4v) is 6.16. The molecular weight excluding hydrogens is 600 g/mol. The summed E-state index contributed by atoms with van der Waals surface area (Å²) in [5.74, 6) is 1.06. The van der Waals surface area contributed by atoms with E-state index in [9.17, 15) is 9.59 Å². The summed E-state index contributed by atoms with van der Waals surface area (Å²) >= 11 is 7.28. The standard InChI is InChI=1S/C34H33ClN2O6S/c1-6-41-33(39)29-21(4)36-34-37(30(29)25-11-7-8-12-26(25)43-20(2)3)32(38)28(44-34)18-23-10-9-13-27(40-5)31(23)42-19-22-14-16-24(35)17-15-22/h7-18,20,30H,6,19H2,1-5H3/b28-18-/t30-/m0/s1. The molecule has 0 saturated heterocycles. The summed E-state index contributed by atoms with van der Waals surface area (Å²) in [6.07, 6.45) is 1.64. The number of allylic oxidation sites excluding steroid dienone is 1. The number of nitrogens with zero attached hydrogens (tertiary/aromatic N) is 2. The number of carbonyl (C=O) groups is 1. The Hall–Kier alpha value is -4.34. The third kappa shape index (κ3) is 6.44. The summed E-state index contributed by atoms with van der Waals surface area (Å²) in [7, 11) is 1.57. The molecular formula is C34H33ClN2O6S. The minimum Gasteiger partial charge on any atom is -0.493 e. The molecule has 10 heteroatoms. The molecule has 1 aliphatic rings. The topological polar surface area (TPSA) is 88.4 Å². The number of aromatic nitrogens is 1. The molecule has 0 amide bonds. The number of ether oxygens (including phenoxy) is 4. The summed E-state index contributed by atoms with van der Waals surface area (Å²) in [5, 5.41) is 0.639. The highest BCUT2D eigenvalue weighted by molar-refractivity contribution is 7.07. The Kier molecular flexibility index (Phi) is 9.56. The molecule has 1 aliphatic heterocycles. The van der Waals surface area contributed by atoms with Gasteiger partial charge in [0, 0.05) is 16.1 Å². The zero-order valence-electron chi connectivity index (χ0n) is 25.1. The van der Waals surface area contributed by atoms with E-state index < -0.39 is 12.0 Å². The molecule has 8 nitrogen and oxygen atoms in total. The zero-order chi connectivity index (χ0) is 31.4. The van der Waals surface area contributed by atoms with E-state index in [2.05, 4.69) is 0 Å². The number of halogens is 1. The van der Waals surface area contributed by atoms with Gasteiger partial charge >= 0.3 is 5.97 Å². The molecule has 228 valence electrons. The van der Waals surface area contributed by atoms with Crippen LogP contribution in [0.1, 0.15) is 50.4 Å². The van der Waals surface area contributed by atoms with Crippen LogP contribution in [0.2, 0.25) is 5.02 Å². The second-order valence-electron chi connectivity index (χ2n) is 10.3. The Morgan fingerprint density at radius 1 is 1.07 bits per heavy atom. The van der Waals surface area contributed by atoms with Gasteiger partial charge in [0.2, 0.25) is 0 Å². The maximum Gasteiger partial charge on any atom is 0.338 e. The number of hydrogen-bond acceptors (Lipinski definition) is 8. The third-order valence-corrected chi connectivity index (χ3v) is 8.14. The van der Waals surface area contributed by atoms with Crippen molar-refractivity contribution in [3.8, 4) is 17.2 Å². The van der Waals surface area contributed by atoms with Gasteiger partial charge in [0.05, 0.1) is 35.6 Å². The van der Waals surface area contributed by atoms with Gasteiger partial charge in [-0.2, -0.15) is 0 Å². The molecule has 0 spiro atoms. The Labute approximate surface area is 264 Å². The van der Waals surface area contributed by atoms with Gasteiger partial charge in [-0.15, -0.1) is 0 Å². The average molecular weight is 633 g/mol. The Bertz CT molecular complexity index is 1890. The molecule has 0 unspecified atom stereocenters. The molecule has 44 heavy (non-hydrogen) atoms. The first-order valence-corrected chi connectivity index (χ1v) is 15.4. The first-order chi connectivity index (χ1) is 21.2. The fourth-order valence-electron chi connectivity index (χ4n) is 4.99. The van der Waals surface area contributed by atoms with Gasteiger partial charge in [-0.1, -0.05) is 65.4 Å². The number of hydrogen-bond donors (Lipinski definition) is 0. The van der Waals surface area contributed by atoms with Crippen molar-refractivity contribution in [1.82, 2.24) is 4.57 Å². The molecule has 0 fully saturated rings. The van der Waals surface area contributed by atoms with E-state index >= 15 is 0 Å². The van der Waals surface area contributed by atoms with Crippen LogP contribution in [0, 0.1) is 0 Å². The maximum absolute atomic E-state index is 14.2. The van der Waals surface area contributed by atoms with Crippen molar-refractivity contribution >= 4 is 35.0 Å². The van der Waals surface area contributed by atoms with Crippen LogP contribution in [0.25, 0.3) is 6.08 Å². The van der Waals surface area contributed by atoms with Crippen molar-refractivity contribution in [1.29, 1.82) is 0 Å². The molecule has 0 N–H and O–H groups in total. The molecule has 3 aromatic carbocycles. The normalized spacial score (nSPS) is 14.7. The van der Waals surface area contributed by atoms with E-state index in [1.165, 1.54) is 11.3 Å². The zero-order valence-corrected chi connectivity index (χ0v) is 26.7. The van der Waals surface area contributed by atoms with Crippen molar-refractivity contribution in [3.05, 3.63) is 119 Å². The summed E-state index contributed by atoms with van der Waals surface area (Å²) in [6, 6.07) is 19.5. The van der Waals surface area contributed by atoms with E-state index in [-0.39, 0.29) is 24.9 Å². The lowest BCUT2D eigenvalue weighted by molar-refractivity contribution is -0.139. The average Bonchev–Trinajstić information content (AvgIpc) is 3.30. The number of thiazole rings is 1. The number of esters is 1. The van der Waals surface area contributed by atoms with Gasteiger partial charge in [0.1, 0.15) is 18.4 Å². The van der Waals surface area contributed by atoms with Crippen molar-refractivity contribution in [3.63, 3.8) is 0 Å². The van der Waals surface area contributed by atoms with Gasteiger partial charge in [-0.05, 0) is 63.6 Å². The highest BCUT2D eigenvalue weighted by atomic mass is 35.5. The van der Waals surface area contributed by atoms with E-state index in [0.29, 0.717) is 54.0 Å². The van der Waals surface area contributed by atoms with Crippen LogP contribution in [0.5, 0.6) is 17.2 Å². The van der Waals surface area contributed by atoms with E-state index in [1.54, 1.807) is 49.8 Å². The molecule has 0 aliphatic carbocycles. The van der Waals surface area contributed by atoms with Gasteiger partial charge in [0.15, 0.2) is 16.3 Å². The van der Waals surface area contributed by atoms with Crippen LogP contribution in [-0.4, -0.2) is 30.4 Å². The highest BCUT2D eigenvalue weighted by Gasteiger charge is 2.35. The van der Waals surface area contributed by atoms with Gasteiger partial charge < -0.3 is 18.9 Å². The predicted octanol–water partition coefficient (Wildman–Crippen LogP) is 5.83. The maximum atomic E-state index is 14.2. The molecule has 1 aromatic heterocycles. The number of methoxy groups -OCH3 is 1. The summed E-state index contributed by atoms with van der Waals surface area (Å²) in [6.45, 7) is 7.81. The van der Waals surface area contributed by atoms with E-state index in [1.807, 2.05) is 62.4 Å². The van der Waals surface area contributed by atoms with Crippen LogP contribution < -0.4 is 29.1 Å². The molecule has 4 aromatic rings. The molecule has 2 heterocycles. The lowest BCUT2D eigenvalue weighted by atomic mass is 9.95. The number of para-hydroxylation sites is 2. The van der Waals surface area contributed by atoms with E-state index in [0.717, 1.165) is 5.56 Å². The summed E-state index contributed by atoms with van der Waals surface area (Å²) in [4.78, 5) is 32.7. The Balaban J connectivity index is 1.66. The summed E-state index contributed by atoms with van der Waals surface area (Å²) < 4.78 is 25.4. The number of fused-ring (bicyclic) bond motifs is 1. The Morgan fingerprint density at radius 3 is 2.50 bits per heavy atom. The van der Waals surface area contributed by atoms with Crippen molar-refractivity contribution in [2.45, 2.75) is 46.4 Å². The largest absolute Gasteiger partial charge is 0.493 e. The smallest absolute Gasteiger partial charge is 0.338 e. The van der Waals surface area contributed by atoms with E-state index in [4.69, 9.17) is 35.5 Å². The predicted molar refractivity (Wildman–Crippen MR) is 171 cm³/mol. The first-order valence-electron chi connectivity index (χ1n) is 14.2. The number of carbonyl (C=O) groups excluding carboxylic acids is 1. The SMILES string of the molecule is CCOC(=O)C1=C(C)N=c2s/c(=C\c3cccc(OC)c3OCc3ccc(Cl)cc3)c(=O)n2[C@H]1c1ccccc1OC(C)C. The Morgan fingerprint density at radius 2 is 1.80 bits per heavy atom. The van der Waals surface area contributed by atoms with Crippen LogP contribution in [-0.2, 0) is 16.1 Å². The lowest BCUT2D eigenvalue weighted by Gasteiger charge is -2.26. The quantitative estimate of drug-likeness (QED) is 0.205. The fraction of sp³-hybridized carbons (Fsp3) is 0.265.